The third-order valence-electron chi connectivity index (χ3n) is 8.30. The van der Waals surface area contributed by atoms with Crippen LogP contribution in [0.2, 0.25) is 0 Å². The predicted octanol–water partition coefficient (Wildman–Crippen LogP) is 6.78. The molecule has 11 heteroatoms. The summed E-state index contributed by atoms with van der Waals surface area (Å²) in [4.78, 5) is 78.6. The maximum atomic E-state index is 13.1. The summed E-state index contributed by atoms with van der Waals surface area (Å²) in [5.41, 5.74) is -2.49. The number of unbranched alkanes of at least 4 members (excludes halogenated alkanes) is 13. The summed E-state index contributed by atoms with van der Waals surface area (Å²) in [6.07, 6.45) is 16.4. The summed E-state index contributed by atoms with van der Waals surface area (Å²) in [5.74, 6) is -3.45. The number of ether oxygens (including phenoxy) is 2. The molecule has 2 aliphatic rings. The molecule has 1 aliphatic carbocycles. The fraction of sp³-hybridized carbons (Fsp3) is 0.833. The van der Waals surface area contributed by atoms with E-state index < -0.39 is 46.4 Å². The number of hydrogen-bond donors (Lipinski definition) is 1. The number of amides is 3. The summed E-state index contributed by atoms with van der Waals surface area (Å²) in [6.45, 7) is 10.9. The van der Waals surface area contributed by atoms with Gasteiger partial charge in [-0.25, -0.2) is 9.59 Å². The molecule has 1 heterocycles. The van der Waals surface area contributed by atoms with Crippen LogP contribution in [0, 0.1) is 5.92 Å². The van der Waals surface area contributed by atoms with Gasteiger partial charge >= 0.3 is 17.9 Å². The molecule has 2 unspecified atom stereocenters. The first-order chi connectivity index (χ1) is 22.0. The van der Waals surface area contributed by atoms with E-state index in [9.17, 15) is 28.8 Å². The molecule has 0 aromatic heterocycles. The highest BCUT2D eigenvalue weighted by Gasteiger charge is 2.63. The first-order valence-corrected chi connectivity index (χ1v) is 17.9. The van der Waals surface area contributed by atoms with Crippen LogP contribution < -0.4 is 5.32 Å². The Labute approximate surface area is 281 Å². The number of hydroxylamine groups is 2. The van der Waals surface area contributed by atoms with Crippen molar-refractivity contribution < 1.29 is 43.1 Å². The molecule has 1 N–H and O–H groups in total. The zero-order valence-electron chi connectivity index (χ0n) is 29.8. The highest BCUT2D eigenvalue weighted by Crippen LogP contribution is 2.48. The van der Waals surface area contributed by atoms with Crippen LogP contribution in [0.4, 0.5) is 0 Å². The molecule has 0 aromatic rings. The molecule has 1 saturated heterocycles. The van der Waals surface area contributed by atoms with Crippen LogP contribution >= 0.6 is 0 Å². The maximum absolute atomic E-state index is 13.1. The molecule has 1 saturated carbocycles. The van der Waals surface area contributed by atoms with Gasteiger partial charge in [0, 0.05) is 31.6 Å². The van der Waals surface area contributed by atoms with Gasteiger partial charge in [-0.2, -0.15) is 0 Å². The van der Waals surface area contributed by atoms with E-state index in [1.807, 2.05) is 20.8 Å². The highest BCUT2D eigenvalue weighted by molar-refractivity contribution is 6.01. The van der Waals surface area contributed by atoms with E-state index in [0.29, 0.717) is 17.9 Å². The van der Waals surface area contributed by atoms with Gasteiger partial charge < -0.3 is 19.6 Å². The van der Waals surface area contributed by atoms with E-state index in [1.54, 1.807) is 20.8 Å². The molecule has 2 atom stereocenters. The molecule has 3 amide bonds. The molecular formula is C36H60N2O9. The molecule has 11 nitrogen and oxygen atoms in total. The third-order valence-corrected chi connectivity index (χ3v) is 8.30. The lowest BCUT2D eigenvalue weighted by Crippen LogP contribution is -2.48. The summed E-state index contributed by atoms with van der Waals surface area (Å²) in [6, 6.07) is 0. The van der Waals surface area contributed by atoms with Crippen molar-refractivity contribution in [3.63, 3.8) is 0 Å². The molecular weight excluding hydrogens is 604 g/mol. The average molecular weight is 665 g/mol. The minimum atomic E-state index is -1.32. The van der Waals surface area contributed by atoms with Crippen LogP contribution in [0.3, 0.4) is 0 Å². The van der Waals surface area contributed by atoms with Gasteiger partial charge in [0.2, 0.25) is 5.91 Å². The molecule has 2 fully saturated rings. The van der Waals surface area contributed by atoms with E-state index >= 15 is 0 Å². The number of carbonyl (C=O) groups is 6. The topological polar surface area (TPSA) is 145 Å². The van der Waals surface area contributed by atoms with Crippen LogP contribution in [0.15, 0.2) is 0 Å². The molecule has 268 valence electrons. The first kappa shape index (κ1) is 40.2. The number of carbonyl (C=O) groups excluding carboxylic acids is 6. The lowest BCUT2D eigenvalue weighted by molar-refractivity contribution is -0.197. The normalized spacial score (nSPS) is 19.4. The summed E-state index contributed by atoms with van der Waals surface area (Å²) in [7, 11) is 0. The van der Waals surface area contributed by atoms with Crippen LogP contribution in [-0.2, 0) is 43.1 Å². The summed E-state index contributed by atoms with van der Waals surface area (Å²) in [5, 5.41) is 3.32. The Morgan fingerprint density at radius 3 is 1.53 bits per heavy atom. The average Bonchev–Trinajstić information content (AvgIpc) is 3.54. The number of esters is 2. The zero-order valence-corrected chi connectivity index (χ0v) is 29.8. The van der Waals surface area contributed by atoms with E-state index in [4.69, 9.17) is 14.3 Å². The number of imide groups is 1. The molecule has 0 bridgehead atoms. The van der Waals surface area contributed by atoms with Crippen molar-refractivity contribution in [3.8, 4) is 0 Å². The van der Waals surface area contributed by atoms with Crippen molar-refractivity contribution in [2.75, 3.05) is 0 Å². The quantitative estimate of drug-likeness (QED) is 0.0752. The number of rotatable bonds is 22. The van der Waals surface area contributed by atoms with Crippen molar-refractivity contribution in [3.05, 3.63) is 0 Å². The largest absolute Gasteiger partial charge is 0.460 e. The molecule has 0 radical (unpaired) electrons. The van der Waals surface area contributed by atoms with Gasteiger partial charge in [0.05, 0.1) is 6.42 Å². The fourth-order valence-corrected chi connectivity index (χ4v) is 5.78. The van der Waals surface area contributed by atoms with E-state index in [2.05, 4.69) is 5.32 Å². The lowest BCUT2D eigenvalue weighted by atomic mass is 10.0. The van der Waals surface area contributed by atoms with Gasteiger partial charge in [-0.05, 0) is 60.8 Å². The summed E-state index contributed by atoms with van der Waals surface area (Å²) >= 11 is 0. The van der Waals surface area contributed by atoms with Crippen molar-refractivity contribution in [2.24, 2.45) is 5.92 Å². The van der Waals surface area contributed by atoms with Gasteiger partial charge in [-0.1, -0.05) is 77.0 Å². The zero-order chi connectivity index (χ0) is 35.1. The van der Waals surface area contributed by atoms with Crippen molar-refractivity contribution in [2.45, 2.75) is 187 Å². The van der Waals surface area contributed by atoms with E-state index in [0.717, 1.165) is 32.1 Å². The smallest absolute Gasteiger partial charge is 0.333 e. The third kappa shape index (κ3) is 16.1. The van der Waals surface area contributed by atoms with Gasteiger partial charge in [0.15, 0.2) is 0 Å². The second-order valence-electron chi connectivity index (χ2n) is 15.2. The summed E-state index contributed by atoms with van der Waals surface area (Å²) < 4.78 is 10.9. The van der Waals surface area contributed by atoms with Crippen molar-refractivity contribution in [1.82, 2.24) is 10.4 Å². The highest BCUT2D eigenvalue weighted by atomic mass is 16.7. The SMILES string of the molecule is CC(C)(C)OC(=O)CCCCCCCCCCCCCCCCC(=O)NC1(C(=O)OC(C)(C)C)CC1CC(=O)ON1C(=O)CCC1=O. The fourth-order valence-electron chi connectivity index (χ4n) is 5.78. The Balaban J connectivity index is 1.54. The van der Waals surface area contributed by atoms with Crippen LogP contribution in [0.1, 0.15) is 170 Å². The second kappa shape index (κ2) is 19.1. The monoisotopic (exact) mass is 664 g/mol. The standard InChI is InChI=1S/C36H60N2O9/c1-34(2,3)45-31(42)22-20-18-16-14-12-10-8-7-9-11-13-15-17-19-21-28(39)37-36(33(44)46-35(4,5)6)26-27(36)25-32(43)47-38-29(40)23-24-30(38)41/h27H,7-26H2,1-6H3,(H,37,39). The number of nitrogens with zero attached hydrogens (tertiary/aromatic N) is 1. The predicted molar refractivity (Wildman–Crippen MR) is 176 cm³/mol. The Morgan fingerprint density at radius 1 is 0.660 bits per heavy atom. The van der Waals surface area contributed by atoms with E-state index in [-0.39, 0.29) is 44.0 Å². The van der Waals surface area contributed by atoms with Crippen LogP contribution in [-0.4, -0.2) is 57.4 Å². The van der Waals surface area contributed by atoms with Crippen molar-refractivity contribution in [1.29, 1.82) is 0 Å². The lowest BCUT2D eigenvalue weighted by Gasteiger charge is -2.25. The Bertz CT molecular complexity index is 1060. The number of hydrogen-bond acceptors (Lipinski definition) is 9. The van der Waals surface area contributed by atoms with Gasteiger partial charge in [-0.3, -0.25) is 19.2 Å². The molecule has 0 aromatic carbocycles. The van der Waals surface area contributed by atoms with Crippen LogP contribution in [0.5, 0.6) is 0 Å². The van der Waals surface area contributed by atoms with Crippen molar-refractivity contribution >= 4 is 35.6 Å². The van der Waals surface area contributed by atoms with Crippen LogP contribution in [0.25, 0.3) is 0 Å². The molecule has 2 rings (SSSR count). The second-order valence-corrected chi connectivity index (χ2v) is 15.2. The minimum absolute atomic E-state index is 0.00378. The molecule has 1 aliphatic heterocycles. The molecule has 47 heavy (non-hydrogen) atoms. The van der Waals surface area contributed by atoms with Gasteiger partial charge in [-0.15, -0.1) is 5.06 Å². The van der Waals surface area contributed by atoms with Gasteiger partial charge in [0.1, 0.15) is 16.7 Å². The Kier molecular flexibility index (Phi) is 16.4. The maximum Gasteiger partial charge on any atom is 0.333 e. The first-order valence-electron chi connectivity index (χ1n) is 17.9. The minimum Gasteiger partial charge on any atom is -0.460 e. The Morgan fingerprint density at radius 2 is 1.09 bits per heavy atom. The Hall–Kier alpha value is -2.98. The van der Waals surface area contributed by atoms with E-state index in [1.165, 1.54) is 51.4 Å². The van der Waals surface area contributed by atoms with Gasteiger partial charge in [0.25, 0.3) is 11.8 Å². The number of nitrogens with one attached hydrogen (secondary N) is 1. The molecule has 0 spiro atoms.